The van der Waals surface area contributed by atoms with Crippen LogP contribution in [0.3, 0.4) is 0 Å². The summed E-state index contributed by atoms with van der Waals surface area (Å²) in [5.74, 6) is 0.634. The van der Waals surface area contributed by atoms with Gasteiger partial charge < -0.3 is 9.64 Å². The van der Waals surface area contributed by atoms with Crippen molar-refractivity contribution in [2.24, 2.45) is 18.4 Å². The first-order valence-corrected chi connectivity index (χ1v) is 8.81. The Morgan fingerprint density at radius 3 is 2.58 bits per heavy atom. The van der Waals surface area contributed by atoms with E-state index in [2.05, 4.69) is 15.3 Å². The highest BCUT2D eigenvalue weighted by atomic mass is 16.6. The lowest BCUT2D eigenvalue weighted by Crippen LogP contribution is -2.35. The van der Waals surface area contributed by atoms with E-state index in [1.54, 1.807) is 43.6 Å². The van der Waals surface area contributed by atoms with Crippen LogP contribution in [0, 0.1) is 11.3 Å². The summed E-state index contributed by atoms with van der Waals surface area (Å²) in [4.78, 5) is 28.9. The van der Waals surface area contributed by atoms with E-state index in [-0.39, 0.29) is 11.8 Å². The van der Waals surface area contributed by atoms with Gasteiger partial charge in [0.1, 0.15) is 11.3 Å². The van der Waals surface area contributed by atoms with Crippen LogP contribution in [-0.2, 0) is 16.6 Å². The molecule has 0 aromatic carbocycles. The molecule has 1 unspecified atom stereocenters. The average molecular weight is 365 g/mol. The van der Waals surface area contributed by atoms with Crippen molar-refractivity contribution in [1.29, 1.82) is 0 Å². The fourth-order valence-corrected chi connectivity index (χ4v) is 3.14. The molecular weight excluding hydrogens is 334 g/mol. The van der Waals surface area contributed by atoms with Gasteiger partial charge in [-0.05, 0) is 34.9 Å². The van der Waals surface area contributed by atoms with E-state index in [0.29, 0.717) is 18.1 Å². The number of nitrogens with zero attached hydrogens (tertiary/aromatic N) is 4. The summed E-state index contributed by atoms with van der Waals surface area (Å²) < 4.78 is 6.90. The van der Waals surface area contributed by atoms with Crippen molar-refractivity contribution in [3.05, 3.63) is 6.20 Å². The number of rotatable bonds is 4. The quantitative estimate of drug-likeness (QED) is 0.886. The van der Waals surface area contributed by atoms with Crippen LogP contribution in [0.2, 0.25) is 0 Å². The second-order valence-corrected chi connectivity index (χ2v) is 8.76. The van der Waals surface area contributed by atoms with Crippen LogP contribution in [0.1, 0.15) is 34.6 Å². The van der Waals surface area contributed by atoms with Gasteiger partial charge in [0.05, 0.1) is 6.20 Å². The molecule has 2 rings (SSSR count). The third-order valence-electron chi connectivity index (χ3n) is 4.51. The van der Waals surface area contributed by atoms with Gasteiger partial charge in [0.2, 0.25) is 5.91 Å². The van der Waals surface area contributed by atoms with Gasteiger partial charge in [-0.3, -0.25) is 19.7 Å². The molecule has 0 aliphatic carbocycles. The zero-order chi connectivity index (χ0) is 19.9. The summed E-state index contributed by atoms with van der Waals surface area (Å²) >= 11 is 0. The van der Waals surface area contributed by atoms with Crippen molar-refractivity contribution < 1.29 is 14.3 Å². The molecule has 146 valence electrons. The number of amides is 2. The van der Waals surface area contributed by atoms with Crippen LogP contribution in [-0.4, -0.2) is 59.5 Å². The number of anilines is 2. The van der Waals surface area contributed by atoms with Gasteiger partial charge in [0.15, 0.2) is 5.82 Å². The van der Waals surface area contributed by atoms with Gasteiger partial charge in [-0.1, -0.05) is 13.8 Å². The lowest BCUT2D eigenvalue weighted by Gasteiger charge is -2.25. The van der Waals surface area contributed by atoms with Crippen LogP contribution in [0.25, 0.3) is 0 Å². The Kier molecular flexibility index (Phi) is 5.37. The summed E-state index contributed by atoms with van der Waals surface area (Å²) in [7, 11) is 5.76. The molecule has 1 N–H and O–H groups in total. The highest BCUT2D eigenvalue weighted by Crippen LogP contribution is 2.40. The van der Waals surface area contributed by atoms with Gasteiger partial charge in [-0.15, -0.1) is 0 Å². The van der Waals surface area contributed by atoms with Crippen LogP contribution in [0.4, 0.5) is 16.3 Å². The predicted octanol–water partition coefficient (Wildman–Crippen LogP) is 2.32. The lowest BCUT2D eigenvalue weighted by molar-refractivity contribution is -0.125. The van der Waals surface area contributed by atoms with E-state index in [0.717, 1.165) is 6.54 Å². The maximum atomic E-state index is 13.0. The molecule has 0 spiro atoms. The van der Waals surface area contributed by atoms with Gasteiger partial charge in [-0.2, -0.15) is 5.10 Å². The number of carbonyl (C=O) groups is 2. The van der Waals surface area contributed by atoms with Crippen LogP contribution in [0.5, 0.6) is 0 Å². The van der Waals surface area contributed by atoms with Crippen LogP contribution in [0.15, 0.2) is 6.20 Å². The summed E-state index contributed by atoms with van der Waals surface area (Å²) in [6.07, 6.45) is 1.11. The monoisotopic (exact) mass is 365 g/mol. The average Bonchev–Trinajstić information content (AvgIpc) is 2.89. The molecule has 0 saturated carbocycles. The molecule has 1 fully saturated rings. The number of ether oxygens (including phenoxy) is 1. The molecule has 1 aromatic rings. The molecule has 1 aromatic heterocycles. The van der Waals surface area contributed by atoms with E-state index >= 15 is 0 Å². The second-order valence-electron chi connectivity index (χ2n) is 8.76. The molecular formula is C18H31N5O3. The number of aromatic nitrogens is 2. The number of aryl methyl sites for hydroxylation is 1. The third-order valence-corrected chi connectivity index (χ3v) is 4.51. The molecule has 1 aliphatic heterocycles. The van der Waals surface area contributed by atoms with Gasteiger partial charge in [0.25, 0.3) is 0 Å². The minimum atomic E-state index is -0.602. The first kappa shape index (κ1) is 20.2. The summed E-state index contributed by atoms with van der Waals surface area (Å²) in [5, 5.41) is 7.13. The maximum absolute atomic E-state index is 13.0. The van der Waals surface area contributed by atoms with Crippen LogP contribution < -0.4 is 10.2 Å². The van der Waals surface area contributed by atoms with Crippen molar-refractivity contribution in [1.82, 2.24) is 14.7 Å². The Labute approximate surface area is 155 Å². The van der Waals surface area contributed by atoms with Gasteiger partial charge >= 0.3 is 6.09 Å². The molecule has 26 heavy (non-hydrogen) atoms. The summed E-state index contributed by atoms with van der Waals surface area (Å²) in [6.45, 7) is 10.7. The molecule has 1 saturated heterocycles. The Morgan fingerprint density at radius 2 is 2.04 bits per heavy atom. The van der Waals surface area contributed by atoms with Crippen molar-refractivity contribution >= 4 is 23.5 Å². The first-order valence-electron chi connectivity index (χ1n) is 8.81. The van der Waals surface area contributed by atoms with Gasteiger partial charge in [-0.25, -0.2) is 4.79 Å². The number of nitrogens with one attached hydrogen (secondary N) is 1. The highest BCUT2D eigenvalue weighted by Gasteiger charge is 2.48. The Morgan fingerprint density at radius 1 is 1.42 bits per heavy atom. The second kappa shape index (κ2) is 6.90. The Hall–Kier alpha value is -2.09. The fourth-order valence-electron chi connectivity index (χ4n) is 3.14. The number of hydrogen-bond acceptors (Lipinski definition) is 5. The largest absolute Gasteiger partial charge is 0.444 e. The zero-order valence-corrected chi connectivity index (χ0v) is 17.1. The van der Waals surface area contributed by atoms with Crippen molar-refractivity contribution in [2.75, 3.05) is 37.4 Å². The van der Waals surface area contributed by atoms with E-state index in [1.165, 1.54) is 0 Å². The van der Waals surface area contributed by atoms with E-state index in [9.17, 15) is 9.59 Å². The van der Waals surface area contributed by atoms with Crippen LogP contribution >= 0.6 is 0 Å². The van der Waals surface area contributed by atoms with E-state index < -0.39 is 17.1 Å². The van der Waals surface area contributed by atoms with Crippen molar-refractivity contribution in [2.45, 2.75) is 40.2 Å². The van der Waals surface area contributed by atoms with E-state index in [1.807, 2.05) is 27.9 Å². The smallest absolute Gasteiger partial charge is 0.412 e. The third kappa shape index (κ3) is 4.35. The predicted molar refractivity (Wildman–Crippen MR) is 101 cm³/mol. The Balaban J connectivity index is 2.26. The number of carbonyl (C=O) groups excluding carboxylic acids is 2. The topological polar surface area (TPSA) is 79.7 Å². The Bertz CT molecular complexity index is 687. The fraction of sp³-hybridized carbons (Fsp3) is 0.722. The van der Waals surface area contributed by atoms with Crippen molar-refractivity contribution in [3.8, 4) is 0 Å². The molecule has 1 atom stereocenters. The molecule has 0 bridgehead atoms. The molecule has 2 amide bonds. The highest BCUT2D eigenvalue weighted by molar-refractivity contribution is 6.02. The van der Waals surface area contributed by atoms with Crippen molar-refractivity contribution in [3.63, 3.8) is 0 Å². The lowest BCUT2D eigenvalue weighted by atomic mass is 9.81. The normalized spacial score (nSPS) is 20.0. The molecule has 1 aliphatic rings. The minimum Gasteiger partial charge on any atom is -0.444 e. The maximum Gasteiger partial charge on any atom is 0.412 e. The summed E-state index contributed by atoms with van der Waals surface area (Å²) in [5.41, 5.74) is -0.629. The number of hydrogen-bond donors (Lipinski definition) is 1. The molecule has 8 nitrogen and oxygen atoms in total. The SMILES string of the molecule is CN(C)CC1CN(c2nn(C)cc2NC(=O)OC(C)(C)C)C(=O)C1(C)C. The van der Waals surface area contributed by atoms with E-state index in [4.69, 9.17) is 4.74 Å². The molecule has 0 radical (unpaired) electrons. The zero-order valence-electron chi connectivity index (χ0n) is 17.1. The van der Waals surface area contributed by atoms with Gasteiger partial charge in [0, 0.05) is 31.5 Å². The molecule has 2 heterocycles. The molecule has 8 heteroatoms. The standard InChI is InChI=1S/C18H31N5O3/c1-17(2,3)26-16(25)19-13-11-22(8)20-14(13)23-10-12(9-21(6)7)18(4,5)15(23)24/h11-12H,9-10H2,1-8H3,(H,19,25). The minimum absolute atomic E-state index is 0.00953. The summed E-state index contributed by atoms with van der Waals surface area (Å²) in [6, 6.07) is 0. The first-order chi connectivity index (χ1) is 11.8.